The predicted octanol–water partition coefficient (Wildman–Crippen LogP) is 3.53. The van der Waals surface area contributed by atoms with E-state index in [-0.39, 0.29) is 13.0 Å². The van der Waals surface area contributed by atoms with Crippen molar-refractivity contribution in [2.45, 2.75) is 32.7 Å². The number of halogens is 3. The van der Waals surface area contributed by atoms with Crippen LogP contribution in [0, 0.1) is 0 Å². The summed E-state index contributed by atoms with van der Waals surface area (Å²) in [6, 6.07) is 3.70. The van der Waals surface area contributed by atoms with E-state index in [4.69, 9.17) is 0 Å². The summed E-state index contributed by atoms with van der Waals surface area (Å²) in [7, 11) is 0. The highest BCUT2D eigenvalue weighted by atomic mass is 79.9. The number of aromatic nitrogens is 1. The molecule has 112 valence electrons. The number of hydrogen-bond donors (Lipinski definition) is 0. The Kier molecular flexibility index (Phi) is 4.96. The van der Waals surface area contributed by atoms with E-state index in [9.17, 15) is 8.78 Å². The van der Waals surface area contributed by atoms with Crippen molar-refractivity contribution in [3.63, 3.8) is 0 Å². The predicted molar refractivity (Wildman–Crippen MR) is 80.3 cm³/mol. The number of nitrogens with zero attached hydrogens (tertiary/aromatic N) is 3. The highest BCUT2D eigenvalue weighted by molar-refractivity contribution is 9.10. The van der Waals surface area contributed by atoms with Crippen molar-refractivity contribution < 1.29 is 8.78 Å². The van der Waals surface area contributed by atoms with Crippen molar-refractivity contribution in [3.8, 4) is 0 Å². The molecular formula is C14H20BrF2N3. The molecule has 3 nitrogen and oxygen atoms in total. The molecule has 6 heteroatoms. The van der Waals surface area contributed by atoms with Crippen molar-refractivity contribution in [2.75, 3.05) is 31.1 Å². The largest absolute Gasteiger partial charge is 0.364 e. The van der Waals surface area contributed by atoms with Crippen molar-refractivity contribution in [1.29, 1.82) is 0 Å². The average molecular weight is 348 g/mol. The SMILES string of the molecule is CCN(CC)Cc1nc(Br)ccc1N1CCC(F)(F)C1. The average Bonchev–Trinajstić information content (AvgIpc) is 2.76. The number of pyridine rings is 1. The molecule has 0 atom stereocenters. The zero-order valence-corrected chi connectivity index (χ0v) is 13.5. The second kappa shape index (κ2) is 6.35. The Hall–Kier alpha value is -0.750. The standard InChI is InChI=1S/C14H20BrF2N3/c1-3-19(4-2)9-11-12(5-6-13(15)18-11)20-8-7-14(16,17)10-20/h5-6H,3-4,7-10H2,1-2H3. The quantitative estimate of drug-likeness (QED) is 0.759. The molecule has 0 radical (unpaired) electrons. The molecule has 0 amide bonds. The molecule has 2 rings (SSSR count). The lowest BCUT2D eigenvalue weighted by atomic mass is 10.2. The van der Waals surface area contributed by atoms with Gasteiger partial charge in [0.1, 0.15) is 4.60 Å². The van der Waals surface area contributed by atoms with Crippen LogP contribution in [0.2, 0.25) is 0 Å². The minimum absolute atomic E-state index is 0.0756. The van der Waals surface area contributed by atoms with Crippen LogP contribution >= 0.6 is 15.9 Å². The topological polar surface area (TPSA) is 19.4 Å². The Balaban J connectivity index is 2.24. The van der Waals surface area contributed by atoms with Gasteiger partial charge in [0.15, 0.2) is 0 Å². The highest BCUT2D eigenvalue weighted by Crippen LogP contribution is 2.33. The van der Waals surface area contributed by atoms with E-state index < -0.39 is 5.92 Å². The zero-order valence-electron chi connectivity index (χ0n) is 11.9. The van der Waals surface area contributed by atoms with Crippen LogP contribution in [0.5, 0.6) is 0 Å². The summed E-state index contributed by atoms with van der Waals surface area (Å²) in [4.78, 5) is 8.47. The smallest absolute Gasteiger partial charge is 0.266 e. The second-order valence-electron chi connectivity index (χ2n) is 5.09. The van der Waals surface area contributed by atoms with Gasteiger partial charge in [0.05, 0.1) is 17.9 Å². The molecule has 0 bridgehead atoms. The molecule has 0 saturated carbocycles. The maximum absolute atomic E-state index is 13.4. The van der Waals surface area contributed by atoms with Crippen LogP contribution in [0.3, 0.4) is 0 Å². The van der Waals surface area contributed by atoms with Crippen LogP contribution in [-0.4, -0.2) is 42.0 Å². The molecule has 1 aliphatic rings. The molecule has 20 heavy (non-hydrogen) atoms. The first-order valence-corrected chi connectivity index (χ1v) is 7.75. The van der Waals surface area contributed by atoms with E-state index in [2.05, 4.69) is 39.7 Å². The van der Waals surface area contributed by atoms with Gasteiger partial charge < -0.3 is 4.90 Å². The van der Waals surface area contributed by atoms with E-state index in [1.54, 1.807) is 4.90 Å². The first-order chi connectivity index (χ1) is 9.45. The minimum Gasteiger partial charge on any atom is -0.364 e. The maximum Gasteiger partial charge on any atom is 0.266 e. The van der Waals surface area contributed by atoms with Gasteiger partial charge in [0, 0.05) is 19.5 Å². The number of anilines is 1. The Morgan fingerprint density at radius 3 is 2.60 bits per heavy atom. The lowest BCUT2D eigenvalue weighted by molar-refractivity contribution is 0.0257. The van der Waals surface area contributed by atoms with Crippen LogP contribution in [0.4, 0.5) is 14.5 Å². The number of hydrogen-bond acceptors (Lipinski definition) is 3. The van der Waals surface area contributed by atoms with Gasteiger partial charge in [0.2, 0.25) is 0 Å². The Morgan fingerprint density at radius 1 is 1.35 bits per heavy atom. The van der Waals surface area contributed by atoms with Gasteiger partial charge in [-0.05, 0) is 41.2 Å². The van der Waals surface area contributed by atoms with Gasteiger partial charge >= 0.3 is 0 Å². The summed E-state index contributed by atoms with van der Waals surface area (Å²) >= 11 is 3.36. The summed E-state index contributed by atoms with van der Waals surface area (Å²) in [5.41, 5.74) is 1.69. The van der Waals surface area contributed by atoms with E-state index in [0.717, 1.165) is 29.1 Å². The first kappa shape index (κ1) is 15.6. The van der Waals surface area contributed by atoms with Crippen molar-refractivity contribution in [1.82, 2.24) is 9.88 Å². The fourth-order valence-electron chi connectivity index (χ4n) is 2.47. The van der Waals surface area contributed by atoms with Gasteiger partial charge in [-0.3, -0.25) is 4.90 Å². The molecule has 0 aliphatic carbocycles. The fraction of sp³-hybridized carbons (Fsp3) is 0.643. The molecule has 1 aromatic rings. The first-order valence-electron chi connectivity index (χ1n) is 6.95. The van der Waals surface area contributed by atoms with Gasteiger partial charge in [-0.1, -0.05) is 13.8 Å². The number of rotatable bonds is 5. The summed E-state index contributed by atoms with van der Waals surface area (Å²) in [6.07, 6.45) is -0.0756. The molecule has 1 aromatic heterocycles. The fourth-order valence-corrected chi connectivity index (χ4v) is 2.82. The Bertz CT molecular complexity index is 464. The third-order valence-electron chi connectivity index (χ3n) is 3.69. The maximum atomic E-state index is 13.4. The third kappa shape index (κ3) is 3.67. The lowest BCUT2D eigenvalue weighted by Gasteiger charge is -2.24. The van der Waals surface area contributed by atoms with Gasteiger partial charge in [0.25, 0.3) is 5.92 Å². The van der Waals surface area contributed by atoms with Crippen LogP contribution in [0.25, 0.3) is 0 Å². The Morgan fingerprint density at radius 2 is 2.05 bits per heavy atom. The van der Waals surface area contributed by atoms with Crippen LogP contribution in [0.15, 0.2) is 16.7 Å². The number of alkyl halides is 2. The monoisotopic (exact) mass is 347 g/mol. The molecule has 1 aliphatic heterocycles. The molecule has 1 saturated heterocycles. The van der Waals surface area contributed by atoms with E-state index in [1.165, 1.54) is 0 Å². The van der Waals surface area contributed by atoms with E-state index in [1.807, 2.05) is 12.1 Å². The van der Waals surface area contributed by atoms with E-state index in [0.29, 0.717) is 13.1 Å². The van der Waals surface area contributed by atoms with E-state index >= 15 is 0 Å². The van der Waals surface area contributed by atoms with Crippen LogP contribution < -0.4 is 4.90 Å². The summed E-state index contributed by atoms with van der Waals surface area (Å²) in [5, 5.41) is 0. The molecule has 1 fully saturated rings. The summed E-state index contributed by atoms with van der Waals surface area (Å²) in [5.74, 6) is -2.58. The molecular weight excluding hydrogens is 328 g/mol. The van der Waals surface area contributed by atoms with Crippen molar-refractivity contribution >= 4 is 21.6 Å². The molecule has 0 spiro atoms. The molecule has 0 unspecified atom stereocenters. The summed E-state index contributed by atoms with van der Waals surface area (Å²) in [6.45, 7) is 6.88. The molecule has 2 heterocycles. The zero-order chi connectivity index (χ0) is 14.8. The van der Waals surface area contributed by atoms with Crippen LogP contribution in [-0.2, 0) is 6.54 Å². The van der Waals surface area contributed by atoms with Gasteiger partial charge in [-0.2, -0.15) is 0 Å². The minimum atomic E-state index is -2.58. The third-order valence-corrected chi connectivity index (χ3v) is 4.14. The van der Waals surface area contributed by atoms with Gasteiger partial charge in [-0.15, -0.1) is 0 Å². The van der Waals surface area contributed by atoms with Gasteiger partial charge in [-0.25, -0.2) is 13.8 Å². The summed E-state index contributed by atoms with van der Waals surface area (Å²) < 4.78 is 27.6. The van der Waals surface area contributed by atoms with Crippen molar-refractivity contribution in [3.05, 3.63) is 22.4 Å². The lowest BCUT2D eigenvalue weighted by Crippen LogP contribution is -2.28. The molecule has 0 aromatic carbocycles. The normalized spacial score (nSPS) is 18.0. The van der Waals surface area contributed by atoms with Crippen molar-refractivity contribution in [2.24, 2.45) is 0 Å². The molecule has 0 N–H and O–H groups in total. The van der Waals surface area contributed by atoms with Crippen LogP contribution in [0.1, 0.15) is 26.0 Å². The second-order valence-corrected chi connectivity index (χ2v) is 5.90. The Labute approximate surface area is 127 Å². The highest BCUT2D eigenvalue weighted by Gasteiger charge is 2.39.